The molecule has 0 fully saturated rings. The number of fused-ring (bicyclic) bond motifs is 2. The Bertz CT molecular complexity index is 2820. The molecule has 9 nitrogen and oxygen atoms in total. The fourth-order valence-electron chi connectivity index (χ4n) is 7.59. The van der Waals surface area contributed by atoms with Crippen LogP contribution in [0.15, 0.2) is 171 Å². The van der Waals surface area contributed by atoms with Gasteiger partial charge in [0.15, 0.2) is 0 Å². The van der Waals surface area contributed by atoms with E-state index in [1.165, 1.54) is 0 Å². The number of para-hydroxylation sites is 1. The quantitative estimate of drug-likeness (QED) is 0.108. The van der Waals surface area contributed by atoms with Gasteiger partial charge < -0.3 is 4.74 Å². The maximum absolute atomic E-state index is 13.4. The van der Waals surface area contributed by atoms with E-state index in [2.05, 4.69) is 90.0 Å². The van der Waals surface area contributed by atoms with Crippen molar-refractivity contribution in [3.05, 3.63) is 198 Å². The van der Waals surface area contributed by atoms with E-state index in [4.69, 9.17) is 19.8 Å². The number of hydrogen-bond donors (Lipinski definition) is 0. The summed E-state index contributed by atoms with van der Waals surface area (Å²) in [6.45, 7) is 1.99. The van der Waals surface area contributed by atoms with Crippen LogP contribution in [0, 0.1) is 11.3 Å². The molecule has 0 atom stereocenters. The second-order valence-corrected chi connectivity index (χ2v) is 13.3. The zero-order valence-corrected chi connectivity index (χ0v) is 30.3. The van der Waals surface area contributed by atoms with Crippen LogP contribution < -0.4 is 0 Å². The van der Waals surface area contributed by atoms with Crippen LogP contribution in [-0.4, -0.2) is 41.9 Å². The number of aromatic nitrogens is 6. The molecule has 0 bridgehead atoms. The van der Waals surface area contributed by atoms with E-state index < -0.39 is 11.5 Å². The average Bonchev–Trinajstić information content (AvgIpc) is 3.93. The van der Waals surface area contributed by atoms with Gasteiger partial charge in [0.2, 0.25) is 0 Å². The predicted octanol–water partition coefficient (Wildman–Crippen LogP) is 9.39. The Morgan fingerprint density at radius 2 is 1.41 bits per heavy atom. The zero-order chi connectivity index (χ0) is 38.1. The summed E-state index contributed by atoms with van der Waals surface area (Å²) >= 11 is 0. The van der Waals surface area contributed by atoms with Crippen LogP contribution in [0.1, 0.15) is 39.7 Å². The van der Waals surface area contributed by atoms with E-state index in [-0.39, 0.29) is 12.3 Å². The summed E-state index contributed by atoms with van der Waals surface area (Å²) in [5, 5.41) is 15.6. The van der Waals surface area contributed by atoms with Crippen molar-refractivity contribution in [2.75, 3.05) is 6.61 Å². The predicted molar refractivity (Wildman–Crippen MR) is 216 cm³/mol. The summed E-state index contributed by atoms with van der Waals surface area (Å²) < 4.78 is 9.50. The summed E-state index contributed by atoms with van der Waals surface area (Å²) in [6, 6.07) is 50.7. The molecule has 56 heavy (non-hydrogen) atoms. The van der Waals surface area contributed by atoms with E-state index in [0.717, 1.165) is 50.0 Å². The summed E-state index contributed by atoms with van der Waals surface area (Å²) in [7, 11) is 0. The standard InChI is InChI=1S/C47H33N7O2/c1-2-56-46(55)40-25-33(32-22-23-49-38(24-32)28-48)26-44-45(40)50-31-53(44)43-27-42(52-41-21-13-12-20-39(41)43)34-29-51-54(30-34)47(35-14-6-3-7-15-35,36-16-8-4-9-17-36)37-18-10-5-11-19-37/h3-27,29-31H,2H2,1H3. The molecule has 4 aromatic heterocycles. The van der Waals surface area contributed by atoms with Crippen molar-refractivity contribution in [3.8, 4) is 34.1 Å². The van der Waals surface area contributed by atoms with E-state index in [1.54, 1.807) is 31.6 Å². The normalized spacial score (nSPS) is 11.4. The minimum atomic E-state index is -0.791. The minimum Gasteiger partial charge on any atom is -0.462 e. The maximum Gasteiger partial charge on any atom is 0.340 e. The summed E-state index contributed by atoms with van der Waals surface area (Å²) in [5.74, 6) is -0.481. The molecular weight excluding hydrogens is 695 g/mol. The van der Waals surface area contributed by atoms with Crippen molar-refractivity contribution in [1.82, 2.24) is 29.3 Å². The first-order valence-corrected chi connectivity index (χ1v) is 18.3. The number of pyridine rings is 2. The SMILES string of the molecule is CCOC(=O)c1cc(-c2ccnc(C#N)c2)cc2c1ncn2-c1cc(-c2cnn(C(c3ccccc3)(c3ccccc3)c3ccccc3)c2)nc2ccccc12. The molecule has 0 N–H and O–H groups in total. The molecule has 9 aromatic rings. The van der Waals surface area contributed by atoms with Crippen molar-refractivity contribution in [3.63, 3.8) is 0 Å². The Morgan fingerprint density at radius 3 is 2.07 bits per heavy atom. The first-order valence-electron chi connectivity index (χ1n) is 18.3. The van der Waals surface area contributed by atoms with Gasteiger partial charge in [0.1, 0.15) is 29.1 Å². The average molecular weight is 728 g/mol. The Labute approximate surface area is 322 Å². The molecular formula is C47H33N7O2. The number of carbonyl (C=O) groups excluding carboxylic acids is 1. The number of hydrogen-bond acceptors (Lipinski definition) is 7. The Balaban J connectivity index is 1.26. The van der Waals surface area contributed by atoms with Gasteiger partial charge in [0, 0.05) is 23.3 Å². The summed E-state index contributed by atoms with van der Waals surface area (Å²) in [5.41, 5.74) is 8.78. The lowest BCUT2D eigenvalue weighted by molar-refractivity contribution is 0.0528. The topological polar surface area (TPSA) is 112 Å². The highest BCUT2D eigenvalue weighted by atomic mass is 16.5. The zero-order valence-electron chi connectivity index (χ0n) is 30.3. The second-order valence-electron chi connectivity index (χ2n) is 13.3. The molecule has 0 unspecified atom stereocenters. The van der Waals surface area contributed by atoms with Crippen molar-refractivity contribution in [2.45, 2.75) is 12.5 Å². The third kappa shape index (κ3) is 5.77. The largest absolute Gasteiger partial charge is 0.462 e. The Morgan fingerprint density at radius 1 is 0.750 bits per heavy atom. The van der Waals surface area contributed by atoms with Gasteiger partial charge in [0.05, 0.1) is 40.8 Å². The molecule has 0 aliphatic carbocycles. The van der Waals surface area contributed by atoms with Crippen molar-refractivity contribution < 1.29 is 9.53 Å². The number of nitriles is 1. The summed E-state index contributed by atoms with van der Waals surface area (Å²) in [4.78, 5) is 27.5. The minimum absolute atomic E-state index is 0.214. The number of rotatable bonds is 9. The highest BCUT2D eigenvalue weighted by Crippen LogP contribution is 2.41. The smallest absolute Gasteiger partial charge is 0.340 e. The van der Waals surface area contributed by atoms with Crippen molar-refractivity contribution in [2.24, 2.45) is 0 Å². The van der Waals surface area contributed by atoms with Crippen molar-refractivity contribution in [1.29, 1.82) is 5.26 Å². The molecule has 5 aromatic carbocycles. The van der Waals surface area contributed by atoms with Crippen LogP contribution in [-0.2, 0) is 10.3 Å². The highest BCUT2D eigenvalue weighted by molar-refractivity contribution is 6.05. The number of esters is 1. The van der Waals surface area contributed by atoms with Crippen LogP contribution in [0.2, 0.25) is 0 Å². The van der Waals surface area contributed by atoms with E-state index in [0.29, 0.717) is 22.3 Å². The van der Waals surface area contributed by atoms with Gasteiger partial charge in [-0.25, -0.2) is 19.7 Å². The molecule has 0 spiro atoms. The first-order chi connectivity index (χ1) is 27.6. The number of carbonyl (C=O) groups is 1. The molecule has 0 saturated heterocycles. The van der Waals surface area contributed by atoms with Gasteiger partial charge in [-0.15, -0.1) is 0 Å². The molecule has 0 amide bonds. The van der Waals surface area contributed by atoms with Crippen LogP contribution in [0.25, 0.3) is 50.0 Å². The van der Waals surface area contributed by atoms with E-state index in [1.807, 2.05) is 76.1 Å². The third-order valence-corrected chi connectivity index (χ3v) is 10.1. The van der Waals surface area contributed by atoms with Gasteiger partial charge in [-0.2, -0.15) is 10.4 Å². The highest BCUT2D eigenvalue weighted by Gasteiger charge is 2.39. The lowest BCUT2D eigenvalue weighted by atomic mass is 9.77. The monoisotopic (exact) mass is 727 g/mol. The molecule has 9 heteroatoms. The number of imidazole rings is 1. The number of nitrogens with zero attached hydrogens (tertiary/aromatic N) is 7. The summed E-state index contributed by atoms with van der Waals surface area (Å²) in [6.07, 6.45) is 7.24. The Kier molecular flexibility index (Phi) is 8.69. The van der Waals surface area contributed by atoms with Gasteiger partial charge in [-0.05, 0) is 71.1 Å². The fourth-order valence-corrected chi connectivity index (χ4v) is 7.59. The lowest BCUT2D eigenvalue weighted by Crippen LogP contribution is -2.38. The third-order valence-electron chi connectivity index (χ3n) is 10.1. The van der Waals surface area contributed by atoms with Crippen LogP contribution >= 0.6 is 0 Å². The molecule has 268 valence electrons. The maximum atomic E-state index is 13.4. The lowest BCUT2D eigenvalue weighted by Gasteiger charge is -2.36. The second kappa shape index (κ2) is 14.3. The van der Waals surface area contributed by atoms with Gasteiger partial charge in [-0.1, -0.05) is 109 Å². The Hall–Kier alpha value is -7.70. The number of ether oxygens (including phenoxy) is 1. The molecule has 0 aliphatic heterocycles. The van der Waals surface area contributed by atoms with Crippen LogP contribution in [0.3, 0.4) is 0 Å². The van der Waals surface area contributed by atoms with Crippen molar-refractivity contribution >= 4 is 27.9 Å². The molecule has 0 aliphatic rings. The molecule has 4 heterocycles. The van der Waals surface area contributed by atoms with Gasteiger partial charge >= 0.3 is 5.97 Å². The fraction of sp³-hybridized carbons (Fsp3) is 0.0638. The molecule has 9 rings (SSSR count). The van der Waals surface area contributed by atoms with E-state index in [9.17, 15) is 10.1 Å². The molecule has 0 saturated carbocycles. The van der Waals surface area contributed by atoms with Crippen LogP contribution in [0.5, 0.6) is 0 Å². The number of benzene rings is 5. The van der Waals surface area contributed by atoms with E-state index >= 15 is 0 Å². The van der Waals surface area contributed by atoms with Crippen LogP contribution in [0.4, 0.5) is 0 Å². The van der Waals surface area contributed by atoms with Gasteiger partial charge in [-0.3, -0.25) is 9.25 Å². The molecule has 0 radical (unpaired) electrons. The van der Waals surface area contributed by atoms with Gasteiger partial charge in [0.25, 0.3) is 0 Å². The first kappa shape index (κ1) is 34.1.